The van der Waals surface area contributed by atoms with Gasteiger partial charge in [0.2, 0.25) is 5.90 Å². The van der Waals surface area contributed by atoms with Gasteiger partial charge in [-0.1, -0.05) is 48.0 Å². The molecule has 2 heterocycles. The Balaban J connectivity index is 1.55. The van der Waals surface area contributed by atoms with E-state index in [9.17, 15) is 4.79 Å². The molecule has 0 amide bonds. The molecule has 4 rings (SSSR count). The van der Waals surface area contributed by atoms with E-state index in [0.29, 0.717) is 17.1 Å². The summed E-state index contributed by atoms with van der Waals surface area (Å²) in [6.45, 7) is 0.658. The standard InChI is InChI=1S/C20H14ClN3O2/c21-17-8-4-7-16(10-17)19-23-18(20(25)26-19)9-15-11-22-24(13-15)12-14-5-2-1-3-6-14/h1-11,13H,12H2/b18-9-. The summed E-state index contributed by atoms with van der Waals surface area (Å²) in [7, 11) is 0. The molecule has 0 unspecified atom stereocenters. The number of halogens is 1. The van der Waals surface area contributed by atoms with E-state index < -0.39 is 5.97 Å². The fourth-order valence-electron chi connectivity index (χ4n) is 2.62. The largest absolute Gasteiger partial charge is 0.402 e. The third-order valence-corrected chi connectivity index (χ3v) is 4.07. The highest BCUT2D eigenvalue weighted by molar-refractivity contribution is 6.31. The van der Waals surface area contributed by atoms with Gasteiger partial charge >= 0.3 is 5.97 Å². The number of aromatic nitrogens is 2. The summed E-state index contributed by atoms with van der Waals surface area (Å²) in [5, 5.41) is 4.88. The first-order chi connectivity index (χ1) is 12.7. The number of esters is 1. The van der Waals surface area contributed by atoms with Gasteiger partial charge in [0, 0.05) is 22.3 Å². The summed E-state index contributed by atoms with van der Waals surface area (Å²) in [5.41, 5.74) is 2.83. The first-order valence-corrected chi connectivity index (χ1v) is 8.40. The molecule has 0 saturated carbocycles. The fraction of sp³-hybridized carbons (Fsp3) is 0.0500. The average Bonchev–Trinajstić information content (AvgIpc) is 3.23. The van der Waals surface area contributed by atoms with Crippen molar-refractivity contribution in [3.63, 3.8) is 0 Å². The van der Waals surface area contributed by atoms with Crippen LogP contribution in [0.4, 0.5) is 0 Å². The molecular weight excluding hydrogens is 350 g/mol. The highest BCUT2D eigenvalue weighted by Gasteiger charge is 2.24. The third kappa shape index (κ3) is 3.58. The molecule has 0 aliphatic carbocycles. The van der Waals surface area contributed by atoms with Crippen molar-refractivity contribution in [2.75, 3.05) is 0 Å². The Morgan fingerprint density at radius 1 is 1.12 bits per heavy atom. The molecular formula is C20H14ClN3O2. The van der Waals surface area contributed by atoms with Crippen LogP contribution in [0.3, 0.4) is 0 Å². The van der Waals surface area contributed by atoms with Crippen molar-refractivity contribution in [1.29, 1.82) is 0 Å². The normalized spacial score (nSPS) is 15.2. The second-order valence-electron chi connectivity index (χ2n) is 5.80. The lowest BCUT2D eigenvalue weighted by Gasteiger charge is -2.00. The van der Waals surface area contributed by atoms with Crippen LogP contribution in [0.2, 0.25) is 5.02 Å². The molecule has 0 bridgehead atoms. The molecule has 26 heavy (non-hydrogen) atoms. The summed E-state index contributed by atoms with van der Waals surface area (Å²) in [6, 6.07) is 17.1. The number of carbonyl (C=O) groups is 1. The third-order valence-electron chi connectivity index (χ3n) is 3.84. The van der Waals surface area contributed by atoms with E-state index in [4.69, 9.17) is 16.3 Å². The first kappa shape index (κ1) is 16.3. The molecule has 0 spiro atoms. The summed E-state index contributed by atoms with van der Waals surface area (Å²) in [4.78, 5) is 16.4. The summed E-state index contributed by atoms with van der Waals surface area (Å²) < 4.78 is 7.06. The van der Waals surface area contributed by atoms with Crippen molar-refractivity contribution in [2.45, 2.75) is 6.54 Å². The minimum Gasteiger partial charge on any atom is -0.402 e. The number of carbonyl (C=O) groups excluding carboxylic acids is 1. The van der Waals surface area contributed by atoms with Gasteiger partial charge in [0.25, 0.3) is 0 Å². The number of aliphatic imine (C=N–C) groups is 1. The zero-order valence-corrected chi connectivity index (χ0v) is 14.4. The van der Waals surface area contributed by atoms with Gasteiger partial charge < -0.3 is 4.74 Å². The number of ether oxygens (including phenoxy) is 1. The predicted molar refractivity (Wildman–Crippen MR) is 99.8 cm³/mol. The number of cyclic esters (lactones) is 1. The molecule has 0 fully saturated rings. The zero-order chi connectivity index (χ0) is 17.9. The van der Waals surface area contributed by atoms with Crippen LogP contribution in [0.25, 0.3) is 6.08 Å². The van der Waals surface area contributed by atoms with Crippen LogP contribution in [0.5, 0.6) is 0 Å². The Bertz CT molecular complexity index is 1020. The number of nitrogens with zero attached hydrogens (tertiary/aromatic N) is 3. The molecule has 1 aliphatic rings. The summed E-state index contributed by atoms with van der Waals surface area (Å²) in [6.07, 6.45) is 5.21. The van der Waals surface area contributed by atoms with Crippen molar-refractivity contribution in [1.82, 2.24) is 9.78 Å². The summed E-state index contributed by atoms with van der Waals surface area (Å²) >= 11 is 5.97. The Hall–Kier alpha value is -3.18. The average molecular weight is 364 g/mol. The van der Waals surface area contributed by atoms with E-state index in [1.165, 1.54) is 0 Å². The van der Waals surface area contributed by atoms with Gasteiger partial charge in [0.15, 0.2) is 5.70 Å². The van der Waals surface area contributed by atoms with Gasteiger partial charge in [-0.2, -0.15) is 5.10 Å². The van der Waals surface area contributed by atoms with Crippen LogP contribution in [0, 0.1) is 0 Å². The number of hydrogen-bond acceptors (Lipinski definition) is 4. The maximum Gasteiger partial charge on any atom is 0.363 e. The first-order valence-electron chi connectivity index (χ1n) is 8.02. The number of hydrogen-bond donors (Lipinski definition) is 0. The molecule has 2 aromatic carbocycles. The number of benzene rings is 2. The maximum absolute atomic E-state index is 12.1. The lowest BCUT2D eigenvalue weighted by molar-refractivity contribution is -0.129. The smallest absolute Gasteiger partial charge is 0.363 e. The van der Waals surface area contributed by atoms with Crippen molar-refractivity contribution in [2.24, 2.45) is 4.99 Å². The van der Waals surface area contributed by atoms with Crippen molar-refractivity contribution < 1.29 is 9.53 Å². The minimum atomic E-state index is -0.490. The van der Waals surface area contributed by atoms with Gasteiger partial charge in [0.05, 0.1) is 12.7 Å². The SMILES string of the molecule is O=C1OC(c2cccc(Cl)c2)=N/C1=C\c1cnn(Cc2ccccc2)c1. The van der Waals surface area contributed by atoms with E-state index in [1.54, 1.807) is 36.5 Å². The molecule has 0 radical (unpaired) electrons. The zero-order valence-electron chi connectivity index (χ0n) is 13.7. The van der Waals surface area contributed by atoms with Gasteiger partial charge in [-0.25, -0.2) is 9.79 Å². The Labute approximate surface area is 155 Å². The van der Waals surface area contributed by atoms with Crippen LogP contribution >= 0.6 is 11.6 Å². The van der Waals surface area contributed by atoms with Gasteiger partial charge in [-0.15, -0.1) is 0 Å². The van der Waals surface area contributed by atoms with Crippen molar-refractivity contribution in [3.8, 4) is 0 Å². The van der Waals surface area contributed by atoms with Crippen LogP contribution in [-0.4, -0.2) is 21.6 Å². The Morgan fingerprint density at radius 3 is 2.77 bits per heavy atom. The predicted octanol–water partition coefficient (Wildman–Crippen LogP) is 3.93. The Kier molecular flexibility index (Phi) is 4.37. The van der Waals surface area contributed by atoms with Crippen LogP contribution in [-0.2, 0) is 16.1 Å². The molecule has 1 aliphatic heterocycles. The fourth-order valence-corrected chi connectivity index (χ4v) is 2.81. The molecule has 6 heteroatoms. The van der Waals surface area contributed by atoms with Gasteiger partial charge in [0.1, 0.15) is 0 Å². The Morgan fingerprint density at radius 2 is 1.96 bits per heavy atom. The molecule has 1 aromatic heterocycles. The van der Waals surface area contributed by atoms with Crippen molar-refractivity contribution in [3.05, 3.63) is 94.4 Å². The van der Waals surface area contributed by atoms with Crippen LogP contribution < -0.4 is 0 Å². The topological polar surface area (TPSA) is 56.5 Å². The number of rotatable bonds is 4. The van der Waals surface area contributed by atoms with Gasteiger partial charge in [-0.05, 0) is 29.8 Å². The minimum absolute atomic E-state index is 0.235. The van der Waals surface area contributed by atoms with E-state index in [2.05, 4.69) is 10.1 Å². The van der Waals surface area contributed by atoms with Crippen molar-refractivity contribution >= 4 is 29.5 Å². The van der Waals surface area contributed by atoms with E-state index in [-0.39, 0.29) is 11.6 Å². The lowest BCUT2D eigenvalue weighted by atomic mass is 10.2. The van der Waals surface area contributed by atoms with E-state index >= 15 is 0 Å². The molecule has 128 valence electrons. The molecule has 3 aromatic rings. The molecule has 0 saturated heterocycles. The van der Waals surface area contributed by atoms with E-state index in [1.807, 2.05) is 41.2 Å². The molecule has 0 atom stereocenters. The maximum atomic E-state index is 12.1. The van der Waals surface area contributed by atoms with Crippen LogP contribution in [0.15, 0.2) is 77.7 Å². The van der Waals surface area contributed by atoms with Gasteiger partial charge in [-0.3, -0.25) is 4.68 Å². The molecule has 5 nitrogen and oxygen atoms in total. The van der Waals surface area contributed by atoms with E-state index in [0.717, 1.165) is 11.1 Å². The quantitative estimate of drug-likeness (QED) is 0.521. The monoisotopic (exact) mass is 363 g/mol. The summed E-state index contributed by atoms with van der Waals surface area (Å²) in [5.74, 6) is -0.240. The highest BCUT2D eigenvalue weighted by Crippen LogP contribution is 2.20. The highest BCUT2D eigenvalue weighted by atomic mass is 35.5. The second kappa shape index (κ2) is 6.98. The lowest BCUT2D eigenvalue weighted by Crippen LogP contribution is -2.05. The van der Waals surface area contributed by atoms with Crippen LogP contribution in [0.1, 0.15) is 16.7 Å². The molecule has 0 N–H and O–H groups in total. The second-order valence-corrected chi connectivity index (χ2v) is 6.24.